The molecule has 106 valence electrons. The number of halogens is 2. The monoisotopic (exact) mass is 322 g/mol. The van der Waals surface area contributed by atoms with E-state index in [4.69, 9.17) is 27.6 Å². The van der Waals surface area contributed by atoms with Crippen LogP contribution in [0.15, 0.2) is 40.8 Å². The van der Waals surface area contributed by atoms with E-state index in [-0.39, 0.29) is 27.4 Å². The third-order valence-corrected chi connectivity index (χ3v) is 3.38. The second-order valence-electron chi connectivity index (χ2n) is 4.25. The predicted octanol–water partition coefficient (Wildman–Crippen LogP) is 4.12. The Balaban J connectivity index is 2.00. The molecule has 1 heterocycles. The molecular weight excluding hydrogens is 315 g/mol. The number of benzene rings is 2. The minimum atomic E-state index is -0.194. The second kappa shape index (κ2) is 5.27. The fourth-order valence-electron chi connectivity index (χ4n) is 1.75. The van der Waals surface area contributed by atoms with Gasteiger partial charge in [-0.25, -0.2) is 0 Å². The molecule has 5 nitrogen and oxygen atoms in total. The topological polar surface area (TPSA) is 79.4 Å². The summed E-state index contributed by atoms with van der Waals surface area (Å²) < 4.78 is 5.54. The maximum absolute atomic E-state index is 9.53. The number of hydrogen-bond acceptors (Lipinski definition) is 5. The van der Waals surface area contributed by atoms with Gasteiger partial charge >= 0.3 is 0 Å². The van der Waals surface area contributed by atoms with Gasteiger partial charge in [-0.1, -0.05) is 23.2 Å². The van der Waals surface area contributed by atoms with Crippen molar-refractivity contribution in [3.8, 4) is 34.4 Å². The summed E-state index contributed by atoms with van der Waals surface area (Å²) in [5.74, 6) is 0.475. The smallest absolute Gasteiger partial charge is 0.248 e. The molecule has 7 heteroatoms. The normalized spacial score (nSPS) is 10.8. The molecule has 3 rings (SSSR count). The number of phenolic OH excluding ortho intramolecular Hbond substituents is 2. The molecule has 0 atom stereocenters. The molecule has 2 aromatic carbocycles. The molecule has 0 saturated heterocycles. The van der Waals surface area contributed by atoms with E-state index >= 15 is 0 Å². The lowest BCUT2D eigenvalue weighted by atomic mass is 10.2. The standard InChI is InChI=1S/C14H8Cl2N2O3/c15-10-5-8(6-11(16)12(10)20)14-18-17-13(21-14)7-1-3-9(19)4-2-7/h1-6,19-20H. The van der Waals surface area contributed by atoms with E-state index in [0.29, 0.717) is 17.0 Å². The molecule has 21 heavy (non-hydrogen) atoms. The molecule has 0 saturated carbocycles. The van der Waals surface area contributed by atoms with Crippen LogP contribution in [-0.4, -0.2) is 20.4 Å². The highest BCUT2D eigenvalue weighted by Gasteiger charge is 2.14. The summed E-state index contributed by atoms with van der Waals surface area (Å²) >= 11 is 11.7. The van der Waals surface area contributed by atoms with Gasteiger partial charge in [0.15, 0.2) is 5.75 Å². The van der Waals surface area contributed by atoms with Crippen molar-refractivity contribution in [2.45, 2.75) is 0 Å². The van der Waals surface area contributed by atoms with Crippen molar-refractivity contribution in [1.29, 1.82) is 0 Å². The van der Waals surface area contributed by atoms with Gasteiger partial charge in [-0.15, -0.1) is 10.2 Å². The molecule has 0 fully saturated rings. The fourth-order valence-corrected chi connectivity index (χ4v) is 2.24. The zero-order valence-corrected chi connectivity index (χ0v) is 11.9. The van der Waals surface area contributed by atoms with Crippen molar-refractivity contribution < 1.29 is 14.6 Å². The third kappa shape index (κ3) is 2.66. The predicted molar refractivity (Wildman–Crippen MR) is 78.5 cm³/mol. The lowest BCUT2D eigenvalue weighted by molar-refractivity contribution is 0.475. The van der Waals surface area contributed by atoms with Gasteiger partial charge in [0.05, 0.1) is 10.0 Å². The number of aromatic nitrogens is 2. The quantitative estimate of drug-likeness (QED) is 0.741. The van der Waals surface area contributed by atoms with Crippen molar-refractivity contribution in [2.75, 3.05) is 0 Å². The summed E-state index contributed by atoms with van der Waals surface area (Å²) in [5, 5.41) is 26.8. The molecule has 0 unspecified atom stereocenters. The summed E-state index contributed by atoms with van der Waals surface area (Å²) in [5.41, 5.74) is 1.17. The van der Waals surface area contributed by atoms with Crippen LogP contribution in [0.1, 0.15) is 0 Å². The fraction of sp³-hybridized carbons (Fsp3) is 0. The Morgan fingerprint density at radius 3 is 1.90 bits per heavy atom. The van der Waals surface area contributed by atoms with E-state index in [1.54, 1.807) is 12.1 Å². The van der Waals surface area contributed by atoms with E-state index in [1.807, 2.05) is 0 Å². The van der Waals surface area contributed by atoms with Crippen molar-refractivity contribution in [1.82, 2.24) is 10.2 Å². The minimum Gasteiger partial charge on any atom is -0.508 e. The SMILES string of the molecule is Oc1ccc(-c2nnc(-c3cc(Cl)c(O)c(Cl)c3)o2)cc1. The Labute approximate surface area is 129 Å². The van der Waals surface area contributed by atoms with Crippen molar-refractivity contribution in [2.24, 2.45) is 0 Å². The van der Waals surface area contributed by atoms with Gasteiger partial charge in [0.2, 0.25) is 11.8 Å². The summed E-state index contributed by atoms with van der Waals surface area (Å²) in [6.07, 6.45) is 0. The van der Waals surface area contributed by atoms with Gasteiger partial charge in [-0.2, -0.15) is 0 Å². The Morgan fingerprint density at radius 1 is 0.810 bits per heavy atom. The van der Waals surface area contributed by atoms with Crippen LogP contribution in [0.3, 0.4) is 0 Å². The number of aromatic hydroxyl groups is 2. The molecule has 2 N–H and O–H groups in total. The third-order valence-electron chi connectivity index (χ3n) is 2.80. The van der Waals surface area contributed by atoms with Gasteiger partial charge < -0.3 is 14.6 Å². The van der Waals surface area contributed by atoms with E-state index in [9.17, 15) is 10.2 Å². The highest BCUT2D eigenvalue weighted by Crippen LogP contribution is 2.36. The van der Waals surface area contributed by atoms with E-state index < -0.39 is 0 Å². The summed E-state index contributed by atoms with van der Waals surface area (Å²) in [6.45, 7) is 0. The zero-order valence-electron chi connectivity index (χ0n) is 10.4. The van der Waals surface area contributed by atoms with Crippen molar-refractivity contribution in [3.05, 3.63) is 46.4 Å². The first-order chi connectivity index (χ1) is 10.0. The molecule has 0 amide bonds. The average Bonchev–Trinajstić information content (AvgIpc) is 2.95. The van der Waals surface area contributed by atoms with Crippen LogP contribution in [0, 0.1) is 0 Å². The van der Waals surface area contributed by atoms with Crippen LogP contribution in [0.5, 0.6) is 11.5 Å². The van der Waals surface area contributed by atoms with Crippen molar-refractivity contribution in [3.63, 3.8) is 0 Å². The van der Waals surface area contributed by atoms with Crippen LogP contribution >= 0.6 is 23.2 Å². The van der Waals surface area contributed by atoms with Gasteiger partial charge in [0.25, 0.3) is 0 Å². The van der Waals surface area contributed by atoms with Gasteiger partial charge in [-0.3, -0.25) is 0 Å². The largest absolute Gasteiger partial charge is 0.508 e. The lowest BCUT2D eigenvalue weighted by Gasteiger charge is -2.01. The molecular formula is C14H8Cl2N2O3. The molecule has 3 aromatic rings. The maximum Gasteiger partial charge on any atom is 0.248 e. The van der Waals surface area contributed by atoms with Crippen LogP contribution in [0.25, 0.3) is 22.9 Å². The molecule has 1 aromatic heterocycles. The lowest BCUT2D eigenvalue weighted by Crippen LogP contribution is -1.80. The minimum absolute atomic E-state index is 0.0990. The number of hydrogen-bond donors (Lipinski definition) is 2. The Hall–Kier alpha value is -2.24. The van der Waals surface area contributed by atoms with Crippen LogP contribution < -0.4 is 0 Å². The van der Waals surface area contributed by atoms with E-state index in [0.717, 1.165) is 0 Å². The molecule has 0 aliphatic heterocycles. The number of rotatable bonds is 2. The molecule has 0 radical (unpaired) electrons. The highest BCUT2D eigenvalue weighted by atomic mass is 35.5. The Morgan fingerprint density at radius 2 is 1.33 bits per heavy atom. The summed E-state index contributed by atoms with van der Waals surface area (Å²) in [7, 11) is 0. The molecule has 0 spiro atoms. The highest BCUT2D eigenvalue weighted by molar-refractivity contribution is 6.37. The van der Waals surface area contributed by atoms with Crippen LogP contribution in [0.2, 0.25) is 10.0 Å². The summed E-state index contributed by atoms with van der Waals surface area (Å²) in [6, 6.07) is 9.32. The van der Waals surface area contributed by atoms with Gasteiger partial charge in [-0.05, 0) is 36.4 Å². The molecule has 0 bridgehead atoms. The van der Waals surface area contributed by atoms with Crippen molar-refractivity contribution >= 4 is 23.2 Å². The van der Waals surface area contributed by atoms with Gasteiger partial charge in [0, 0.05) is 11.1 Å². The summed E-state index contributed by atoms with van der Waals surface area (Å²) in [4.78, 5) is 0. The first-order valence-electron chi connectivity index (χ1n) is 5.86. The Bertz CT molecular complexity index is 777. The van der Waals surface area contributed by atoms with Gasteiger partial charge in [0.1, 0.15) is 5.75 Å². The first kappa shape index (κ1) is 13.7. The first-order valence-corrected chi connectivity index (χ1v) is 6.61. The Kier molecular flexibility index (Phi) is 3.45. The molecule has 0 aliphatic carbocycles. The number of phenols is 2. The van der Waals surface area contributed by atoms with E-state index in [2.05, 4.69) is 10.2 Å². The maximum atomic E-state index is 9.53. The van der Waals surface area contributed by atoms with Crippen LogP contribution in [-0.2, 0) is 0 Å². The zero-order chi connectivity index (χ0) is 15.0. The van der Waals surface area contributed by atoms with E-state index in [1.165, 1.54) is 24.3 Å². The number of nitrogens with zero attached hydrogens (tertiary/aromatic N) is 2. The molecule has 0 aliphatic rings. The van der Waals surface area contributed by atoms with Crippen LogP contribution in [0.4, 0.5) is 0 Å². The second-order valence-corrected chi connectivity index (χ2v) is 5.06. The average molecular weight is 323 g/mol.